The summed E-state index contributed by atoms with van der Waals surface area (Å²) in [5.74, 6) is 1.07. The first kappa shape index (κ1) is 16.8. The summed E-state index contributed by atoms with van der Waals surface area (Å²) >= 11 is 5.79. The van der Waals surface area contributed by atoms with E-state index in [-0.39, 0.29) is 16.7 Å². The largest absolute Gasteiger partial charge is 0.497 e. The van der Waals surface area contributed by atoms with Crippen LogP contribution in [0.4, 0.5) is 5.82 Å². The summed E-state index contributed by atoms with van der Waals surface area (Å²) < 4.78 is 15.2. The Balaban J connectivity index is 2.24. The van der Waals surface area contributed by atoms with Crippen LogP contribution < -0.4 is 14.8 Å². The van der Waals surface area contributed by atoms with Crippen LogP contribution in [0.5, 0.6) is 11.5 Å². The highest BCUT2D eigenvalue weighted by Crippen LogP contribution is 2.25. The molecular weight excluding hydrogens is 322 g/mol. The molecule has 2 aromatic rings. The Labute approximate surface area is 138 Å². The molecule has 8 heteroatoms. The lowest BCUT2D eigenvalue weighted by Crippen LogP contribution is -2.11. The molecular formula is C15H16ClN3O4. The van der Waals surface area contributed by atoms with Gasteiger partial charge < -0.3 is 19.5 Å². The van der Waals surface area contributed by atoms with Gasteiger partial charge in [0.05, 0.1) is 21.3 Å². The normalized spacial score (nSPS) is 10.1. The number of anilines is 1. The number of rotatable bonds is 6. The molecule has 122 valence electrons. The highest BCUT2D eigenvalue weighted by atomic mass is 35.5. The third-order valence-corrected chi connectivity index (χ3v) is 3.29. The molecule has 2 rings (SSSR count). The highest BCUT2D eigenvalue weighted by molar-refractivity contribution is 6.28. The van der Waals surface area contributed by atoms with Gasteiger partial charge in [-0.1, -0.05) is 0 Å². The molecule has 0 saturated heterocycles. The topological polar surface area (TPSA) is 82.6 Å². The Morgan fingerprint density at radius 3 is 2.70 bits per heavy atom. The maximum Gasteiger partial charge on any atom is 0.343 e. The van der Waals surface area contributed by atoms with Gasteiger partial charge in [0.1, 0.15) is 22.9 Å². The average Bonchev–Trinajstić information content (AvgIpc) is 2.59. The number of methoxy groups -OCH3 is 3. The van der Waals surface area contributed by atoms with Crippen LogP contribution in [0.3, 0.4) is 0 Å². The molecule has 7 nitrogen and oxygen atoms in total. The zero-order valence-corrected chi connectivity index (χ0v) is 13.7. The van der Waals surface area contributed by atoms with Crippen LogP contribution in [0.15, 0.2) is 24.4 Å². The molecule has 1 N–H and O–H groups in total. The maximum absolute atomic E-state index is 11.7. The molecule has 23 heavy (non-hydrogen) atoms. The van der Waals surface area contributed by atoms with E-state index in [1.807, 2.05) is 12.1 Å². The van der Waals surface area contributed by atoms with E-state index in [1.54, 1.807) is 20.3 Å². The molecule has 0 bridgehead atoms. The predicted octanol–water partition coefficient (Wildman–Crippen LogP) is 2.55. The van der Waals surface area contributed by atoms with Crippen molar-refractivity contribution in [2.75, 3.05) is 26.6 Å². The molecule has 0 aliphatic carbocycles. The maximum atomic E-state index is 11.7. The summed E-state index contributed by atoms with van der Waals surface area (Å²) in [5.41, 5.74) is 1.06. The SMILES string of the molecule is COC(=O)c1cnc(Cl)nc1NCc1ccc(OC)cc1OC. The second-order valence-corrected chi connectivity index (χ2v) is 4.76. The van der Waals surface area contributed by atoms with Crippen molar-refractivity contribution < 1.29 is 19.0 Å². The van der Waals surface area contributed by atoms with E-state index in [0.29, 0.717) is 18.0 Å². The Kier molecular flexibility index (Phi) is 5.59. The molecule has 0 fully saturated rings. The Morgan fingerprint density at radius 1 is 1.26 bits per heavy atom. The lowest BCUT2D eigenvalue weighted by Gasteiger charge is -2.13. The minimum Gasteiger partial charge on any atom is -0.497 e. The number of carbonyl (C=O) groups is 1. The average molecular weight is 338 g/mol. The van der Waals surface area contributed by atoms with E-state index in [4.69, 9.17) is 25.8 Å². The monoisotopic (exact) mass is 337 g/mol. The van der Waals surface area contributed by atoms with Crippen molar-refractivity contribution in [2.24, 2.45) is 0 Å². The smallest absolute Gasteiger partial charge is 0.343 e. The van der Waals surface area contributed by atoms with E-state index in [1.165, 1.54) is 13.3 Å². The number of carbonyl (C=O) groups excluding carboxylic acids is 1. The fraction of sp³-hybridized carbons (Fsp3) is 0.267. The number of aromatic nitrogens is 2. The number of benzene rings is 1. The first-order chi connectivity index (χ1) is 11.1. The van der Waals surface area contributed by atoms with E-state index < -0.39 is 5.97 Å². The van der Waals surface area contributed by atoms with Gasteiger partial charge in [-0.05, 0) is 23.7 Å². The fourth-order valence-electron chi connectivity index (χ4n) is 1.93. The quantitative estimate of drug-likeness (QED) is 0.640. The van der Waals surface area contributed by atoms with Gasteiger partial charge in [0.2, 0.25) is 5.28 Å². The lowest BCUT2D eigenvalue weighted by molar-refractivity contribution is 0.0601. The van der Waals surface area contributed by atoms with Crippen molar-refractivity contribution in [3.63, 3.8) is 0 Å². The van der Waals surface area contributed by atoms with Crippen LogP contribution in [0.1, 0.15) is 15.9 Å². The molecule has 0 saturated carbocycles. The minimum absolute atomic E-state index is 0.0295. The second-order valence-electron chi connectivity index (χ2n) is 4.42. The molecule has 1 heterocycles. The summed E-state index contributed by atoms with van der Waals surface area (Å²) in [5, 5.41) is 3.07. The Hall–Kier alpha value is -2.54. The van der Waals surface area contributed by atoms with E-state index in [2.05, 4.69) is 15.3 Å². The molecule has 1 aromatic heterocycles. The van der Waals surface area contributed by atoms with Crippen molar-refractivity contribution in [3.8, 4) is 11.5 Å². The van der Waals surface area contributed by atoms with Crippen LogP contribution in [0, 0.1) is 0 Å². The molecule has 0 unspecified atom stereocenters. The van der Waals surface area contributed by atoms with Crippen molar-refractivity contribution in [3.05, 3.63) is 40.8 Å². The van der Waals surface area contributed by atoms with Crippen molar-refractivity contribution in [2.45, 2.75) is 6.54 Å². The van der Waals surface area contributed by atoms with E-state index in [0.717, 1.165) is 5.56 Å². The van der Waals surface area contributed by atoms with Crippen LogP contribution in [0.25, 0.3) is 0 Å². The number of halogens is 1. The van der Waals surface area contributed by atoms with Crippen LogP contribution >= 0.6 is 11.6 Å². The first-order valence-electron chi connectivity index (χ1n) is 6.64. The van der Waals surface area contributed by atoms with Gasteiger partial charge in [-0.15, -0.1) is 0 Å². The third kappa shape index (κ3) is 4.01. The van der Waals surface area contributed by atoms with Crippen molar-refractivity contribution in [1.29, 1.82) is 0 Å². The van der Waals surface area contributed by atoms with Crippen LogP contribution in [0.2, 0.25) is 5.28 Å². The molecule has 0 amide bonds. The number of nitrogens with one attached hydrogen (secondary N) is 1. The molecule has 0 spiro atoms. The van der Waals surface area contributed by atoms with Gasteiger partial charge in [0.15, 0.2) is 0 Å². The minimum atomic E-state index is -0.550. The Morgan fingerprint density at radius 2 is 2.04 bits per heavy atom. The zero-order chi connectivity index (χ0) is 16.8. The second kappa shape index (κ2) is 7.64. The number of ether oxygens (including phenoxy) is 3. The summed E-state index contributed by atoms with van der Waals surface area (Å²) in [7, 11) is 4.44. The molecule has 0 atom stereocenters. The van der Waals surface area contributed by atoms with Crippen molar-refractivity contribution >= 4 is 23.4 Å². The summed E-state index contributed by atoms with van der Waals surface area (Å²) in [6, 6.07) is 5.43. The predicted molar refractivity (Wildman–Crippen MR) is 85.3 cm³/mol. The molecule has 0 aliphatic rings. The highest BCUT2D eigenvalue weighted by Gasteiger charge is 2.15. The molecule has 0 aliphatic heterocycles. The third-order valence-electron chi connectivity index (χ3n) is 3.11. The molecule has 1 aromatic carbocycles. The number of hydrogen-bond donors (Lipinski definition) is 1. The van der Waals surface area contributed by atoms with Gasteiger partial charge in [-0.2, -0.15) is 4.98 Å². The Bertz CT molecular complexity index is 709. The number of hydrogen-bond acceptors (Lipinski definition) is 7. The number of esters is 1. The fourth-order valence-corrected chi connectivity index (χ4v) is 2.06. The molecule has 0 radical (unpaired) electrons. The lowest BCUT2D eigenvalue weighted by atomic mass is 10.2. The first-order valence-corrected chi connectivity index (χ1v) is 7.02. The summed E-state index contributed by atoms with van der Waals surface area (Å²) in [4.78, 5) is 19.6. The number of nitrogens with zero attached hydrogens (tertiary/aromatic N) is 2. The van der Waals surface area contributed by atoms with Gasteiger partial charge in [-0.25, -0.2) is 9.78 Å². The summed E-state index contributed by atoms with van der Waals surface area (Å²) in [6.45, 7) is 0.366. The van der Waals surface area contributed by atoms with Crippen molar-refractivity contribution in [1.82, 2.24) is 9.97 Å². The van der Waals surface area contributed by atoms with Gasteiger partial charge >= 0.3 is 5.97 Å². The zero-order valence-electron chi connectivity index (χ0n) is 12.9. The van der Waals surface area contributed by atoms with E-state index >= 15 is 0 Å². The summed E-state index contributed by atoms with van der Waals surface area (Å²) in [6.07, 6.45) is 1.31. The van der Waals surface area contributed by atoms with Crippen LogP contribution in [-0.2, 0) is 11.3 Å². The van der Waals surface area contributed by atoms with Gasteiger partial charge in [0.25, 0.3) is 0 Å². The van der Waals surface area contributed by atoms with Gasteiger partial charge in [-0.3, -0.25) is 0 Å². The van der Waals surface area contributed by atoms with E-state index in [9.17, 15) is 4.79 Å². The van der Waals surface area contributed by atoms with Gasteiger partial charge in [0, 0.05) is 24.4 Å². The standard InChI is InChI=1S/C15H16ClN3O4/c1-21-10-5-4-9(12(6-10)22-2)7-17-13-11(14(20)23-3)8-18-15(16)19-13/h4-6,8H,7H2,1-3H3,(H,17,18,19). The van der Waals surface area contributed by atoms with Crippen LogP contribution in [-0.4, -0.2) is 37.3 Å².